The van der Waals surface area contributed by atoms with Crippen LogP contribution in [0.25, 0.3) is 11.3 Å². The number of halogens is 1. The van der Waals surface area contributed by atoms with E-state index in [2.05, 4.69) is 43.2 Å². The van der Waals surface area contributed by atoms with Crippen molar-refractivity contribution in [3.63, 3.8) is 0 Å². The van der Waals surface area contributed by atoms with Gasteiger partial charge in [-0.15, -0.1) is 0 Å². The third-order valence-corrected chi connectivity index (χ3v) is 8.74. The molecule has 0 spiro atoms. The molecule has 4 heterocycles. The van der Waals surface area contributed by atoms with E-state index in [1.165, 1.54) is 0 Å². The monoisotopic (exact) mass is 556 g/mol. The number of rotatable bonds is 8. The Morgan fingerprint density at radius 2 is 2.00 bits per heavy atom. The lowest BCUT2D eigenvalue weighted by Crippen LogP contribution is -2.66. The summed E-state index contributed by atoms with van der Waals surface area (Å²) in [7, 11) is 5.46. The van der Waals surface area contributed by atoms with Crippen molar-refractivity contribution in [1.82, 2.24) is 29.5 Å². The molecule has 0 radical (unpaired) electrons. The predicted octanol–water partition coefficient (Wildman–Crippen LogP) is 3.74. The van der Waals surface area contributed by atoms with Gasteiger partial charge in [-0.2, -0.15) is 15.6 Å². The maximum absolute atomic E-state index is 15.2. The molecular formula is C30H37FN10. The second kappa shape index (κ2) is 11.4. The molecule has 2 atom stereocenters. The minimum atomic E-state index is -0.421. The Balaban J connectivity index is 1.25. The maximum Gasteiger partial charge on any atom is 0.147 e. The second-order valence-electron chi connectivity index (χ2n) is 11.5. The number of piperidine rings is 1. The van der Waals surface area contributed by atoms with Crippen molar-refractivity contribution in [1.29, 1.82) is 10.5 Å². The van der Waals surface area contributed by atoms with Crippen LogP contribution in [0.3, 0.4) is 0 Å². The van der Waals surface area contributed by atoms with E-state index in [-0.39, 0.29) is 17.1 Å². The van der Waals surface area contributed by atoms with Crippen LogP contribution in [0.2, 0.25) is 0 Å². The smallest absolute Gasteiger partial charge is 0.147 e. The van der Waals surface area contributed by atoms with Crippen LogP contribution in [0.4, 0.5) is 15.9 Å². The Morgan fingerprint density at radius 1 is 1.22 bits per heavy atom. The number of benzene rings is 1. The van der Waals surface area contributed by atoms with Gasteiger partial charge in [0.25, 0.3) is 0 Å². The molecule has 2 aromatic heterocycles. The lowest BCUT2D eigenvalue weighted by molar-refractivity contribution is -0.0520. The van der Waals surface area contributed by atoms with Crippen LogP contribution in [0, 0.1) is 35.4 Å². The van der Waals surface area contributed by atoms with Crippen LogP contribution >= 0.6 is 0 Å². The van der Waals surface area contributed by atoms with Gasteiger partial charge in [-0.3, -0.25) is 14.5 Å². The first-order valence-electron chi connectivity index (χ1n) is 14.0. The van der Waals surface area contributed by atoms with E-state index in [1.54, 1.807) is 17.3 Å². The van der Waals surface area contributed by atoms with Gasteiger partial charge in [0.15, 0.2) is 0 Å². The van der Waals surface area contributed by atoms with Crippen molar-refractivity contribution in [2.24, 2.45) is 0 Å². The molecule has 2 unspecified atom stereocenters. The molecule has 2 aliphatic heterocycles. The van der Waals surface area contributed by atoms with E-state index in [0.29, 0.717) is 30.3 Å². The van der Waals surface area contributed by atoms with Gasteiger partial charge in [-0.25, -0.2) is 14.4 Å². The van der Waals surface area contributed by atoms with Crippen molar-refractivity contribution in [3.05, 3.63) is 53.4 Å². The highest BCUT2D eigenvalue weighted by atomic mass is 19.1. The van der Waals surface area contributed by atoms with Gasteiger partial charge in [0.1, 0.15) is 35.1 Å². The zero-order valence-corrected chi connectivity index (χ0v) is 24.4. The standard InChI is InChI=1S/C30H37FN10/c1-20-12-24(8-11-39(20)15-22-6-7-26(38(4)5)25(13-33)27(22)31)40-17-30(18-40,9-10-32)41-16-23(14-37-41)28-21(2)29(34-3)36-19-35-28/h6-7,14,16,19-20,24H,8-9,11-12,15,17-18H2,1-5H3,(H,34,35,36). The van der Waals surface area contributed by atoms with Gasteiger partial charge in [0.2, 0.25) is 0 Å². The summed E-state index contributed by atoms with van der Waals surface area (Å²) in [6.07, 6.45) is 7.67. The molecule has 1 N–H and O–H groups in total. The molecule has 0 saturated carbocycles. The first kappa shape index (κ1) is 28.5. The SMILES string of the molecule is CNc1ncnc(-c2cnn(C3(CC#N)CN(C4CCN(Cc5ccc(N(C)C)c(C#N)c5F)C(C)C4)C3)c2)c1C. The molecule has 214 valence electrons. The molecule has 2 saturated heterocycles. The number of nitriles is 2. The average Bonchev–Trinajstić information content (AvgIpc) is 3.42. The van der Waals surface area contributed by atoms with E-state index < -0.39 is 5.82 Å². The quantitative estimate of drug-likeness (QED) is 0.443. The van der Waals surface area contributed by atoms with E-state index in [4.69, 9.17) is 0 Å². The Labute approximate surface area is 241 Å². The third-order valence-electron chi connectivity index (χ3n) is 8.74. The molecule has 2 fully saturated rings. The molecule has 0 aliphatic carbocycles. The van der Waals surface area contributed by atoms with Gasteiger partial charge in [0, 0.05) is 82.3 Å². The summed E-state index contributed by atoms with van der Waals surface area (Å²) in [4.78, 5) is 15.3. The van der Waals surface area contributed by atoms with Crippen LogP contribution in [0.5, 0.6) is 0 Å². The summed E-state index contributed by atoms with van der Waals surface area (Å²) < 4.78 is 17.2. The number of aromatic nitrogens is 4. The fraction of sp³-hybridized carbons (Fsp3) is 0.500. The molecule has 0 bridgehead atoms. The summed E-state index contributed by atoms with van der Waals surface area (Å²) in [5, 5.41) is 27.0. The Hall–Kier alpha value is -4.06. The van der Waals surface area contributed by atoms with E-state index in [9.17, 15) is 10.5 Å². The van der Waals surface area contributed by atoms with Crippen LogP contribution in [0.1, 0.15) is 42.9 Å². The van der Waals surface area contributed by atoms with Gasteiger partial charge in [0.05, 0.1) is 30.1 Å². The molecule has 0 amide bonds. The van der Waals surface area contributed by atoms with Crippen LogP contribution in [-0.4, -0.2) is 82.4 Å². The van der Waals surface area contributed by atoms with Crippen molar-refractivity contribution < 1.29 is 4.39 Å². The number of hydrogen-bond donors (Lipinski definition) is 1. The first-order valence-corrected chi connectivity index (χ1v) is 14.0. The van der Waals surface area contributed by atoms with E-state index >= 15 is 4.39 Å². The van der Waals surface area contributed by atoms with Crippen molar-refractivity contribution in [2.75, 3.05) is 51.0 Å². The second-order valence-corrected chi connectivity index (χ2v) is 11.5. The first-order chi connectivity index (χ1) is 19.7. The Bertz CT molecular complexity index is 1490. The largest absolute Gasteiger partial charge is 0.377 e. The predicted molar refractivity (Wildman–Crippen MR) is 156 cm³/mol. The molecule has 5 rings (SSSR count). The minimum Gasteiger partial charge on any atom is -0.377 e. The highest BCUT2D eigenvalue weighted by Crippen LogP contribution is 2.38. The molecule has 3 aromatic rings. The fourth-order valence-electron chi connectivity index (χ4n) is 6.34. The van der Waals surface area contributed by atoms with Crippen molar-refractivity contribution in [2.45, 2.75) is 57.3 Å². The highest BCUT2D eigenvalue weighted by molar-refractivity contribution is 5.66. The molecule has 2 aliphatic rings. The minimum absolute atomic E-state index is 0.101. The summed E-state index contributed by atoms with van der Waals surface area (Å²) in [6.45, 7) is 7.02. The maximum atomic E-state index is 15.2. The number of nitrogens with one attached hydrogen (secondary N) is 1. The number of anilines is 2. The number of nitrogens with zero attached hydrogens (tertiary/aromatic N) is 9. The number of likely N-dealkylation sites (tertiary alicyclic amines) is 2. The Kier molecular flexibility index (Phi) is 7.94. The molecule has 1 aromatic carbocycles. The van der Waals surface area contributed by atoms with Crippen LogP contribution in [-0.2, 0) is 12.1 Å². The van der Waals surface area contributed by atoms with Gasteiger partial charge in [-0.05, 0) is 32.8 Å². The third kappa shape index (κ3) is 5.23. The normalized spacial score (nSPS) is 20.6. The summed E-state index contributed by atoms with van der Waals surface area (Å²) in [5.74, 6) is 0.360. The van der Waals surface area contributed by atoms with Crippen molar-refractivity contribution in [3.8, 4) is 23.4 Å². The zero-order valence-electron chi connectivity index (χ0n) is 24.4. The summed E-state index contributed by atoms with van der Waals surface area (Å²) >= 11 is 0. The highest BCUT2D eigenvalue weighted by Gasteiger charge is 2.48. The zero-order chi connectivity index (χ0) is 29.3. The van der Waals surface area contributed by atoms with Crippen LogP contribution in [0.15, 0.2) is 30.9 Å². The summed E-state index contributed by atoms with van der Waals surface area (Å²) in [6, 6.07) is 8.71. The van der Waals surface area contributed by atoms with Gasteiger partial charge < -0.3 is 10.2 Å². The van der Waals surface area contributed by atoms with E-state index in [1.807, 2.05) is 57.3 Å². The summed E-state index contributed by atoms with van der Waals surface area (Å²) in [5.41, 5.74) is 3.58. The molecule has 11 heteroatoms. The molecular weight excluding hydrogens is 519 g/mol. The van der Waals surface area contributed by atoms with E-state index in [0.717, 1.165) is 55.1 Å². The van der Waals surface area contributed by atoms with Crippen molar-refractivity contribution >= 4 is 11.5 Å². The fourth-order valence-corrected chi connectivity index (χ4v) is 6.34. The average molecular weight is 557 g/mol. The van der Waals surface area contributed by atoms with Crippen LogP contribution < -0.4 is 10.2 Å². The Morgan fingerprint density at radius 3 is 2.66 bits per heavy atom. The lowest BCUT2D eigenvalue weighted by Gasteiger charge is -2.54. The number of hydrogen-bond acceptors (Lipinski definition) is 9. The topological polar surface area (TPSA) is 113 Å². The van der Waals surface area contributed by atoms with Gasteiger partial charge in [-0.1, -0.05) is 6.07 Å². The molecule has 10 nitrogen and oxygen atoms in total. The van der Waals surface area contributed by atoms with Gasteiger partial charge >= 0.3 is 0 Å². The molecule has 41 heavy (non-hydrogen) atoms. The lowest BCUT2D eigenvalue weighted by atomic mass is 9.83.